The number of aromatic nitrogens is 2. The number of benzene rings is 2. The molecule has 0 aliphatic carbocycles. The molecule has 4 aromatic rings. The van der Waals surface area contributed by atoms with Gasteiger partial charge in [-0.2, -0.15) is 0 Å². The van der Waals surface area contributed by atoms with Crippen molar-refractivity contribution < 1.29 is 14.7 Å². The van der Waals surface area contributed by atoms with Gasteiger partial charge in [0.1, 0.15) is 5.76 Å². The van der Waals surface area contributed by atoms with Gasteiger partial charge >= 0.3 is 5.91 Å². The zero-order valence-electron chi connectivity index (χ0n) is 17.4. The lowest BCUT2D eigenvalue weighted by molar-refractivity contribution is -0.132. The van der Waals surface area contributed by atoms with Gasteiger partial charge in [0.2, 0.25) is 0 Å². The summed E-state index contributed by atoms with van der Waals surface area (Å²) in [5.41, 5.74) is 3.98. The minimum atomic E-state index is -0.827. The number of hydrogen-bond donors (Lipinski definition) is 1. The summed E-state index contributed by atoms with van der Waals surface area (Å²) in [4.78, 5) is 36.5. The van der Waals surface area contributed by atoms with Crippen LogP contribution in [0.2, 0.25) is 0 Å². The number of ketones is 1. The third-order valence-electron chi connectivity index (χ3n) is 5.51. The summed E-state index contributed by atoms with van der Waals surface area (Å²) in [5, 5.41) is 11.5. The molecule has 0 bridgehead atoms. The van der Waals surface area contributed by atoms with Crippen molar-refractivity contribution in [1.82, 2.24) is 9.97 Å². The van der Waals surface area contributed by atoms with E-state index in [2.05, 4.69) is 9.97 Å². The maximum Gasteiger partial charge on any atom is 0.301 e. The highest BCUT2D eigenvalue weighted by Gasteiger charge is 2.48. The standard InChI is InChI=1S/C25H19N3O3S/c1-14-5-8-16(9-6-14)22(29)20-21(17-4-3-11-26-13-17)28(24(31)23(20)30)25-27-18-10-7-15(2)12-19(18)32-25/h3-13,21,29H,1-2H3/b22-20+. The van der Waals surface area contributed by atoms with Gasteiger partial charge in [0.25, 0.3) is 5.78 Å². The van der Waals surface area contributed by atoms with Gasteiger partial charge in [-0.15, -0.1) is 0 Å². The molecule has 32 heavy (non-hydrogen) atoms. The van der Waals surface area contributed by atoms with Crippen LogP contribution < -0.4 is 4.90 Å². The second-order valence-electron chi connectivity index (χ2n) is 7.79. The molecule has 5 rings (SSSR count). The van der Waals surface area contributed by atoms with Gasteiger partial charge in [0, 0.05) is 18.0 Å². The van der Waals surface area contributed by atoms with E-state index in [0.717, 1.165) is 21.3 Å². The number of pyridine rings is 1. The van der Waals surface area contributed by atoms with Crippen LogP contribution in [-0.4, -0.2) is 26.8 Å². The maximum atomic E-state index is 13.2. The Morgan fingerprint density at radius 3 is 2.50 bits per heavy atom. The fourth-order valence-electron chi connectivity index (χ4n) is 3.87. The minimum Gasteiger partial charge on any atom is -0.507 e. The highest BCUT2D eigenvalue weighted by molar-refractivity contribution is 7.22. The number of amides is 1. The molecular formula is C25H19N3O3S. The molecule has 0 saturated carbocycles. The van der Waals surface area contributed by atoms with E-state index in [-0.39, 0.29) is 11.3 Å². The third-order valence-corrected chi connectivity index (χ3v) is 6.53. The number of hydrogen-bond acceptors (Lipinski definition) is 6. The molecule has 0 spiro atoms. The summed E-state index contributed by atoms with van der Waals surface area (Å²) in [7, 11) is 0. The van der Waals surface area contributed by atoms with Crippen LogP contribution >= 0.6 is 11.3 Å². The van der Waals surface area contributed by atoms with Crippen molar-refractivity contribution in [2.75, 3.05) is 4.90 Å². The van der Waals surface area contributed by atoms with Gasteiger partial charge in [0.15, 0.2) is 5.13 Å². The Kier molecular flexibility index (Phi) is 4.83. The van der Waals surface area contributed by atoms with Gasteiger partial charge in [-0.05, 0) is 43.2 Å². The number of carbonyl (C=O) groups excluding carboxylic acids is 2. The largest absolute Gasteiger partial charge is 0.507 e. The fraction of sp³-hybridized carbons (Fsp3) is 0.120. The van der Waals surface area contributed by atoms with E-state index in [1.165, 1.54) is 16.2 Å². The molecule has 1 unspecified atom stereocenters. The van der Waals surface area contributed by atoms with Crippen molar-refractivity contribution in [3.05, 3.63) is 94.8 Å². The zero-order valence-corrected chi connectivity index (χ0v) is 18.3. The second kappa shape index (κ2) is 7.69. The molecule has 1 atom stereocenters. The average Bonchev–Trinajstić information content (AvgIpc) is 3.32. The molecule has 1 aliphatic heterocycles. The molecule has 3 heterocycles. The maximum absolute atomic E-state index is 13.2. The Morgan fingerprint density at radius 1 is 1.03 bits per heavy atom. The zero-order chi connectivity index (χ0) is 22.4. The lowest BCUT2D eigenvalue weighted by atomic mass is 9.96. The highest BCUT2D eigenvalue weighted by Crippen LogP contribution is 2.44. The SMILES string of the molecule is Cc1ccc(/C(O)=C2\C(=O)C(=O)N(c3nc4ccc(C)cc4s3)C2c2cccnc2)cc1. The number of nitrogens with zero attached hydrogens (tertiary/aromatic N) is 3. The van der Waals surface area contributed by atoms with E-state index in [4.69, 9.17) is 0 Å². The van der Waals surface area contributed by atoms with Crippen LogP contribution in [0.4, 0.5) is 5.13 Å². The van der Waals surface area contributed by atoms with Crippen LogP contribution in [-0.2, 0) is 9.59 Å². The Labute approximate surface area is 188 Å². The number of aliphatic hydroxyl groups excluding tert-OH is 1. The van der Waals surface area contributed by atoms with E-state index >= 15 is 0 Å². The van der Waals surface area contributed by atoms with E-state index < -0.39 is 17.7 Å². The van der Waals surface area contributed by atoms with Gasteiger partial charge in [0.05, 0.1) is 21.8 Å². The van der Waals surface area contributed by atoms with E-state index in [1.54, 1.807) is 36.7 Å². The Bertz CT molecular complexity index is 1390. The quantitative estimate of drug-likeness (QED) is 0.277. The van der Waals surface area contributed by atoms with Crippen LogP contribution in [0.5, 0.6) is 0 Å². The van der Waals surface area contributed by atoms with Crippen molar-refractivity contribution in [1.29, 1.82) is 0 Å². The molecule has 1 amide bonds. The van der Waals surface area contributed by atoms with Crippen LogP contribution in [0, 0.1) is 13.8 Å². The summed E-state index contributed by atoms with van der Waals surface area (Å²) in [6.45, 7) is 3.93. The van der Waals surface area contributed by atoms with Gasteiger partial charge in [-0.1, -0.05) is 53.3 Å². The number of Topliss-reactive ketones (excluding diaryl/α,β-unsaturated/α-hetero) is 1. The summed E-state index contributed by atoms with van der Waals surface area (Å²) in [6, 6.07) is 15.7. The van der Waals surface area contributed by atoms with E-state index in [1.807, 2.05) is 44.2 Å². The van der Waals surface area contributed by atoms with E-state index in [9.17, 15) is 14.7 Å². The summed E-state index contributed by atoms with van der Waals surface area (Å²) in [6.07, 6.45) is 3.22. The first-order valence-electron chi connectivity index (χ1n) is 10.1. The first-order chi connectivity index (χ1) is 15.4. The Hall–Kier alpha value is -3.84. The van der Waals surface area contributed by atoms with E-state index in [0.29, 0.717) is 16.3 Å². The first kappa shape index (κ1) is 20.1. The molecule has 2 aromatic heterocycles. The van der Waals surface area contributed by atoms with Crippen LogP contribution in [0.25, 0.3) is 16.0 Å². The minimum absolute atomic E-state index is 0.0299. The summed E-state index contributed by atoms with van der Waals surface area (Å²) < 4.78 is 0.922. The first-order valence-corrected chi connectivity index (χ1v) is 10.9. The predicted molar refractivity (Wildman–Crippen MR) is 125 cm³/mol. The molecule has 0 radical (unpaired) electrons. The lowest BCUT2D eigenvalue weighted by Gasteiger charge is -2.22. The number of aliphatic hydroxyl groups is 1. The lowest BCUT2D eigenvalue weighted by Crippen LogP contribution is -2.29. The number of aryl methyl sites for hydroxylation is 2. The molecule has 7 heteroatoms. The molecule has 2 aromatic carbocycles. The summed E-state index contributed by atoms with van der Waals surface area (Å²) in [5.74, 6) is -1.67. The topological polar surface area (TPSA) is 83.4 Å². The predicted octanol–water partition coefficient (Wildman–Crippen LogP) is 4.93. The van der Waals surface area contributed by atoms with Crippen LogP contribution in [0.3, 0.4) is 0 Å². The number of anilines is 1. The molecule has 1 saturated heterocycles. The molecule has 6 nitrogen and oxygen atoms in total. The molecular weight excluding hydrogens is 422 g/mol. The van der Waals surface area contributed by atoms with Crippen LogP contribution in [0.15, 0.2) is 72.6 Å². The number of carbonyl (C=O) groups is 2. The van der Waals surface area contributed by atoms with Crippen molar-refractivity contribution >= 4 is 44.1 Å². The molecule has 158 valence electrons. The number of thiazole rings is 1. The Morgan fingerprint density at radius 2 is 1.78 bits per heavy atom. The van der Waals surface area contributed by atoms with Crippen molar-refractivity contribution in [3.63, 3.8) is 0 Å². The van der Waals surface area contributed by atoms with Crippen molar-refractivity contribution in [3.8, 4) is 0 Å². The number of fused-ring (bicyclic) bond motifs is 1. The Balaban J connectivity index is 1.72. The van der Waals surface area contributed by atoms with Crippen molar-refractivity contribution in [2.24, 2.45) is 0 Å². The number of rotatable bonds is 3. The molecule has 1 aliphatic rings. The van der Waals surface area contributed by atoms with Gasteiger partial charge in [-0.25, -0.2) is 4.98 Å². The fourth-order valence-corrected chi connectivity index (χ4v) is 4.96. The molecule has 1 fully saturated rings. The van der Waals surface area contributed by atoms with Gasteiger partial charge < -0.3 is 5.11 Å². The summed E-state index contributed by atoms with van der Waals surface area (Å²) >= 11 is 1.34. The van der Waals surface area contributed by atoms with Gasteiger partial charge in [-0.3, -0.25) is 19.5 Å². The van der Waals surface area contributed by atoms with Crippen molar-refractivity contribution in [2.45, 2.75) is 19.9 Å². The normalized spacial score (nSPS) is 17.9. The van der Waals surface area contributed by atoms with Crippen LogP contribution in [0.1, 0.15) is 28.3 Å². The molecule has 1 N–H and O–H groups in total. The smallest absolute Gasteiger partial charge is 0.301 e. The average molecular weight is 442 g/mol. The second-order valence-corrected chi connectivity index (χ2v) is 8.80. The monoisotopic (exact) mass is 441 g/mol. The highest BCUT2D eigenvalue weighted by atomic mass is 32.1. The third kappa shape index (κ3) is 3.27.